The first kappa shape index (κ1) is 14.5. The number of nitrogens with zero attached hydrogens (tertiary/aromatic N) is 2. The quantitative estimate of drug-likeness (QED) is 0.850. The summed E-state index contributed by atoms with van der Waals surface area (Å²) in [5, 5.41) is 3.99. The van der Waals surface area contributed by atoms with Gasteiger partial charge in [-0.25, -0.2) is 0 Å². The second-order valence-corrected chi connectivity index (χ2v) is 7.06. The SMILES string of the molecule is O=C(c1ccco1)N1CCC[C@@]2(CCN(c3ccsc3)C2=O)C1. The van der Waals surface area contributed by atoms with Crippen LogP contribution in [0, 0.1) is 5.41 Å². The standard InChI is InChI=1S/C17H18N2O3S/c20-15(14-3-1-9-22-14)18-7-2-5-17(12-18)6-8-19(16(17)21)13-4-10-23-11-13/h1,3-4,9-11H,2,5-8,12H2/t17-/m1/s1. The highest BCUT2D eigenvalue weighted by Gasteiger charge is 2.50. The third-order valence-corrected chi connectivity index (χ3v) is 5.60. The summed E-state index contributed by atoms with van der Waals surface area (Å²) in [5.41, 5.74) is 0.550. The minimum absolute atomic E-state index is 0.115. The van der Waals surface area contributed by atoms with Crippen molar-refractivity contribution >= 4 is 28.8 Å². The van der Waals surface area contributed by atoms with Crippen molar-refractivity contribution in [1.82, 2.24) is 4.90 Å². The van der Waals surface area contributed by atoms with Crippen LogP contribution in [0.4, 0.5) is 5.69 Å². The third-order valence-electron chi connectivity index (χ3n) is 4.93. The number of anilines is 1. The van der Waals surface area contributed by atoms with Crippen molar-refractivity contribution in [3.8, 4) is 0 Å². The number of carbonyl (C=O) groups excluding carboxylic acids is 2. The van der Waals surface area contributed by atoms with Crippen LogP contribution in [0.5, 0.6) is 0 Å². The summed E-state index contributed by atoms with van der Waals surface area (Å²) in [6.45, 7) is 1.91. The third kappa shape index (κ3) is 2.37. The number of furan rings is 1. The van der Waals surface area contributed by atoms with Gasteiger partial charge in [0.25, 0.3) is 5.91 Å². The molecule has 2 amide bonds. The number of carbonyl (C=O) groups is 2. The molecule has 1 atom stereocenters. The number of hydrogen-bond acceptors (Lipinski definition) is 4. The monoisotopic (exact) mass is 330 g/mol. The predicted molar refractivity (Wildman–Crippen MR) is 87.6 cm³/mol. The van der Waals surface area contributed by atoms with Crippen molar-refractivity contribution < 1.29 is 14.0 Å². The summed E-state index contributed by atoms with van der Waals surface area (Å²) in [4.78, 5) is 29.2. The molecule has 0 N–H and O–H groups in total. The molecule has 2 aliphatic heterocycles. The van der Waals surface area contributed by atoms with Gasteiger partial charge in [0, 0.05) is 25.0 Å². The van der Waals surface area contributed by atoms with E-state index >= 15 is 0 Å². The zero-order valence-corrected chi connectivity index (χ0v) is 13.6. The van der Waals surface area contributed by atoms with E-state index in [2.05, 4.69) is 0 Å². The Morgan fingerprint density at radius 2 is 2.17 bits per heavy atom. The molecule has 0 aromatic carbocycles. The van der Waals surface area contributed by atoms with Crippen molar-refractivity contribution in [3.63, 3.8) is 0 Å². The van der Waals surface area contributed by atoms with Gasteiger partial charge >= 0.3 is 0 Å². The van der Waals surface area contributed by atoms with Crippen molar-refractivity contribution in [2.75, 3.05) is 24.5 Å². The molecule has 5 nitrogen and oxygen atoms in total. The molecular formula is C17H18N2O3S. The van der Waals surface area contributed by atoms with Crippen LogP contribution in [-0.2, 0) is 4.79 Å². The molecule has 0 radical (unpaired) electrons. The summed E-state index contributed by atoms with van der Waals surface area (Å²) in [6, 6.07) is 5.37. The summed E-state index contributed by atoms with van der Waals surface area (Å²) in [6.07, 6.45) is 4.03. The Morgan fingerprint density at radius 3 is 2.91 bits per heavy atom. The normalized spacial score (nSPS) is 24.6. The molecule has 1 spiro atoms. The summed E-state index contributed by atoms with van der Waals surface area (Å²) in [5.74, 6) is 0.394. The maximum atomic E-state index is 13.0. The Hall–Kier alpha value is -2.08. The van der Waals surface area contributed by atoms with E-state index in [-0.39, 0.29) is 11.8 Å². The molecule has 4 rings (SSSR count). The van der Waals surface area contributed by atoms with Crippen LogP contribution in [0.3, 0.4) is 0 Å². The Morgan fingerprint density at radius 1 is 1.26 bits per heavy atom. The summed E-state index contributed by atoms with van der Waals surface area (Å²) >= 11 is 1.60. The molecule has 4 heterocycles. The van der Waals surface area contributed by atoms with Gasteiger partial charge in [0.1, 0.15) is 0 Å². The van der Waals surface area contributed by atoms with Gasteiger partial charge in [0.2, 0.25) is 5.91 Å². The average molecular weight is 330 g/mol. The Kier molecular flexibility index (Phi) is 3.49. The van der Waals surface area contributed by atoms with Gasteiger partial charge in [-0.2, -0.15) is 11.3 Å². The Bertz CT molecular complexity index is 710. The minimum Gasteiger partial charge on any atom is -0.459 e. The fourth-order valence-corrected chi connectivity index (χ4v) is 4.36. The predicted octanol–water partition coefficient (Wildman–Crippen LogP) is 3.00. The zero-order valence-electron chi connectivity index (χ0n) is 12.7. The van der Waals surface area contributed by atoms with E-state index < -0.39 is 5.41 Å². The molecule has 23 heavy (non-hydrogen) atoms. The van der Waals surface area contributed by atoms with Crippen molar-refractivity contribution in [3.05, 3.63) is 41.0 Å². The maximum absolute atomic E-state index is 13.0. The number of rotatable bonds is 2. The summed E-state index contributed by atoms with van der Waals surface area (Å²) < 4.78 is 5.22. The smallest absolute Gasteiger partial charge is 0.289 e. The molecule has 120 valence electrons. The van der Waals surface area contributed by atoms with E-state index in [1.165, 1.54) is 6.26 Å². The van der Waals surface area contributed by atoms with Gasteiger partial charge in [-0.3, -0.25) is 9.59 Å². The molecule has 2 saturated heterocycles. The maximum Gasteiger partial charge on any atom is 0.289 e. The molecular weight excluding hydrogens is 312 g/mol. The molecule has 2 aromatic rings. The van der Waals surface area contributed by atoms with Crippen LogP contribution < -0.4 is 4.90 Å². The summed E-state index contributed by atoms with van der Waals surface area (Å²) in [7, 11) is 0. The van der Waals surface area contributed by atoms with Crippen LogP contribution >= 0.6 is 11.3 Å². The van der Waals surface area contributed by atoms with Crippen LogP contribution in [0.15, 0.2) is 39.6 Å². The lowest BCUT2D eigenvalue weighted by Crippen LogP contribution is -2.49. The lowest BCUT2D eigenvalue weighted by atomic mass is 9.78. The molecule has 6 heteroatoms. The van der Waals surface area contributed by atoms with E-state index in [0.29, 0.717) is 18.8 Å². The molecule has 2 fully saturated rings. The van der Waals surface area contributed by atoms with Gasteiger partial charge in [0.15, 0.2) is 5.76 Å². The minimum atomic E-state index is -0.428. The topological polar surface area (TPSA) is 53.8 Å². The van der Waals surface area contributed by atoms with Crippen molar-refractivity contribution in [1.29, 1.82) is 0 Å². The first-order valence-corrected chi connectivity index (χ1v) is 8.81. The number of hydrogen-bond donors (Lipinski definition) is 0. The number of likely N-dealkylation sites (tertiary alicyclic amines) is 1. The van der Waals surface area contributed by atoms with Crippen LogP contribution in [0.25, 0.3) is 0 Å². The highest BCUT2D eigenvalue weighted by molar-refractivity contribution is 7.08. The van der Waals surface area contributed by atoms with E-state index in [1.807, 2.05) is 21.7 Å². The van der Waals surface area contributed by atoms with E-state index in [4.69, 9.17) is 4.42 Å². The average Bonchev–Trinajstić information content (AvgIpc) is 3.31. The molecule has 0 saturated carbocycles. The Balaban J connectivity index is 1.55. The van der Waals surface area contributed by atoms with Crippen molar-refractivity contribution in [2.45, 2.75) is 19.3 Å². The van der Waals surface area contributed by atoms with Crippen LogP contribution in [0.2, 0.25) is 0 Å². The van der Waals surface area contributed by atoms with E-state index in [9.17, 15) is 9.59 Å². The van der Waals surface area contributed by atoms with Crippen LogP contribution in [-0.4, -0.2) is 36.3 Å². The largest absolute Gasteiger partial charge is 0.459 e. The van der Waals surface area contributed by atoms with Gasteiger partial charge < -0.3 is 14.2 Å². The van der Waals surface area contributed by atoms with Crippen LogP contribution in [0.1, 0.15) is 29.8 Å². The number of amides is 2. The number of piperidine rings is 1. The Labute approximate surface area is 138 Å². The molecule has 0 aliphatic carbocycles. The first-order chi connectivity index (χ1) is 11.2. The second-order valence-electron chi connectivity index (χ2n) is 6.28. The fourth-order valence-electron chi connectivity index (χ4n) is 3.72. The number of thiophene rings is 1. The van der Waals surface area contributed by atoms with Crippen molar-refractivity contribution in [2.24, 2.45) is 5.41 Å². The second kappa shape index (κ2) is 5.53. The molecule has 2 aliphatic rings. The van der Waals surface area contributed by atoms with E-state index in [0.717, 1.165) is 31.5 Å². The highest BCUT2D eigenvalue weighted by atomic mass is 32.1. The van der Waals surface area contributed by atoms with Gasteiger partial charge in [-0.05, 0) is 42.8 Å². The van der Waals surface area contributed by atoms with E-state index in [1.54, 1.807) is 28.4 Å². The zero-order chi connectivity index (χ0) is 15.9. The van der Waals surface area contributed by atoms with Gasteiger partial charge in [-0.1, -0.05) is 0 Å². The lowest BCUT2D eigenvalue weighted by Gasteiger charge is -2.38. The first-order valence-electron chi connectivity index (χ1n) is 7.87. The van der Waals surface area contributed by atoms with Gasteiger partial charge in [-0.15, -0.1) is 0 Å². The van der Waals surface area contributed by atoms with Gasteiger partial charge in [0.05, 0.1) is 17.4 Å². The molecule has 2 aromatic heterocycles. The lowest BCUT2D eigenvalue weighted by molar-refractivity contribution is -0.127. The molecule has 0 unspecified atom stereocenters. The highest BCUT2D eigenvalue weighted by Crippen LogP contribution is 2.42. The molecule has 0 bridgehead atoms. The fraction of sp³-hybridized carbons (Fsp3) is 0.412.